The fraction of sp³-hybridized carbons (Fsp3) is 0.500. The van der Waals surface area contributed by atoms with E-state index in [1.165, 1.54) is 43.4 Å². The predicted molar refractivity (Wildman–Crippen MR) is 76.6 cm³/mol. The lowest BCUT2D eigenvalue weighted by molar-refractivity contribution is 0.348. The van der Waals surface area contributed by atoms with Gasteiger partial charge in [-0.3, -0.25) is 0 Å². The Balaban J connectivity index is 1.52. The SMILES string of the molecule is c1ccc2c(c1)CC(c1nc(C3CCCCC3)no1)N2. The Labute approximate surface area is 118 Å². The lowest BCUT2D eigenvalue weighted by Gasteiger charge is -2.17. The number of aromatic nitrogens is 2. The average Bonchev–Trinajstić information content (AvgIpc) is 3.14. The van der Waals surface area contributed by atoms with Crippen LogP contribution in [-0.4, -0.2) is 10.1 Å². The van der Waals surface area contributed by atoms with E-state index in [2.05, 4.69) is 39.7 Å². The van der Waals surface area contributed by atoms with Crippen LogP contribution in [0.25, 0.3) is 0 Å². The summed E-state index contributed by atoms with van der Waals surface area (Å²) in [6, 6.07) is 8.52. The van der Waals surface area contributed by atoms with Crippen molar-refractivity contribution in [3.05, 3.63) is 41.5 Å². The molecule has 1 atom stereocenters. The number of fused-ring (bicyclic) bond motifs is 1. The number of rotatable bonds is 2. The molecule has 0 amide bonds. The molecular formula is C16H19N3O. The highest BCUT2D eigenvalue weighted by atomic mass is 16.5. The van der Waals surface area contributed by atoms with E-state index < -0.39 is 0 Å². The first kappa shape index (κ1) is 11.9. The summed E-state index contributed by atoms with van der Waals surface area (Å²) in [6.07, 6.45) is 7.28. The summed E-state index contributed by atoms with van der Waals surface area (Å²) in [7, 11) is 0. The number of para-hydroxylation sites is 1. The minimum atomic E-state index is 0.136. The summed E-state index contributed by atoms with van der Waals surface area (Å²) in [5.74, 6) is 2.16. The summed E-state index contributed by atoms with van der Waals surface area (Å²) in [4.78, 5) is 4.66. The molecule has 1 aliphatic carbocycles. The second-order valence-corrected chi connectivity index (χ2v) is 5.88. The van der Waals surface area contributed by atoms with Gasteiger partial charge in [-0.2, -0.15) is 4.98 Å². The van der Waals surface area contributed by atoms with Gasteiger partial charge < -0.3 is 9.84 Å². The van der Waals surface area contributed by atoms with Crippen LogP contribution in [0.1, 0.15) is 61.3 Å². The zero-order valence-corrected chi connectivity index (χ0v) is 11.5. The van der Waals surface area contributed by atoms with Gasteiger partial charge in [0.15, 0.2) is 5.82 Å². The molecule has 1 fully saturated rings. The third-order valence-corrected chi connectivity index (χ3v) is 4.50. The molecule has 2 aliphatic rings. The molecule has 1 unspecified atom stereocenters. The summed E-state index contributed by atoms with van der Waals surface area (Å²) in [5.41, 5.74) is 2.52. The summed E-state index contributed by atoms with van der Waals surface area (Å²) in [5, 5.41) is 7.69. The maximum Gasteiger partial charge on any atom is 0.249 e. The van der Waals surface area contributed by atoms with Crippen LogP contribution in [0.3, 0.4) is 0 Å². The van der Waals surface area contributed by atoms with E-state index in [-0.39, 0.29) is 6.04 Å². The molecular weight excluding hydrogens is 250 g/mol. The Morgan fingerprint density at radius 3 is 2.80 bits per heavy atom. The van der Waals surface area contributed by atoms with Crippen molar-refractivity contribution in [1.82, 2.24) is 10.1 Å². The molecule has 0 radical (unpaired) electrons. The van der Waals surface area contributed by atoms with E-state index in [1.54, 1.807) is 0 Å². The van der Waals surface area contributed by atoms with Crippen LogP contribution in [0.4, 0.5) is 5.69 Å². The van der Waals surface area contributed by atoms with Crippen molar-refractivity contribution >= 4 is 5.69 Å². The van der Waals surface area contributed by atoms with Gasteiger partial charge in [-0.1, -0.05) is 42.6 Å². The van der Waals surface area contributed by atoms with Crippen LogP contribution >= 0.6 is 0 Å². The molecule has 0 spiro atoms. The van der Waals surface area contributed by atoms with Crippen LogP contribution in [0, 0.1) is 0 Å². The van der Waals surface area contributed by atoms with Gasteiger partial charge in [-0.05, 0) is 24.5 Å². The minimum absolute atomic E-state index is 0.136. The number of nitrogens with zero attached hydrogens (tertiary/aromatic N) is 2. The molecule has 4 nitrogen and oxygen atoms in total. The Morgan fingerprint density at radius 1 is 1.10 bits per heavy atom. The monoisotopic (exact) mass is 269 g/mol. The number of hydrogen-bond acceptors (Lipinski definition) is 4. The van der Waals surface area contributed by atoms with E-state index in [9.17, 15) is 0 Å². The van der Waals surface area contributed by atoms with Crippen molar-refractivity contribution in [3.8, 4) is 0 Å². The maximum absolute atomic E-state index is 5.51. The van der Waals surface area contributed by atoms with Crippen molar-refractivity contribution in [2.75, 3.05) is 5.32 Å². The smallest absolute Gasteiger partial charge is 0.249 e. The fourth-order valence-electron chi connectivity index (χ4n) is 3.36. The van der Waals surface area contributed by atoms with Gasteiger partial charge in [-0.25, -0.2) is 0 Å². The van der Waals surface area contributed by atoms with Crippen LogP contribution in [0.15, 0.2) is 28.8 Å². The second-order valence-electron chi connectivity index (χ2n) is 5.88. The average molecular weight is 269 g/mol. The number of hydrogen-bond donors (Lipinski definition) is 1. The first-order chi connectivity index (χ1) is 9.90. The van der Waals surface area contributed by atoms with E-state index in [0.29, 0.717) is 5.92 Å². The molecule has 0 bridgehead atoms. The van der Waals surface area contributed by atoms with Gasteiger partial charge in [-0.15, -0.1) is 0 Å². The first-order valence-corrected chi connectivity index (χ1v) is 7.58. The Kier molecular flexibility index (Phi) is 2.94. The Morgan fingerprint density at radius 2 is 1.95 bits per heavy atom. The maximum atomic E-state index is 5.51. The molecule has 2 heterocycles. The molecule has 1 aromatic heterocycles. The minimum Gasteiger partial charge on any atom is -0.373 e. The second kappa shape index (κ2) is 4.93. The molecule has 0 saturated heterocycles. The molecule has 104 valence electrons. The van der Waals surface area contributed by atoms with Crippen LogP contribution in [0.2, 0.25) is 0 Å². The highest BCUT2D eigenvalue weighted by molar-refractivity contribution is 5.56. The number of anilines is 1. The fourth-order valence-corrected chi connectivity index (χ4v) is 3.36. The highest BCUT2D eigenvalue weighted by Gasteiger charge is 2.28. The molecule has 1 aromatic carbocycles. The molecule has 2 aromatic rings. The van der Waals surface area contributed by atoms with Crippen molar-refractivity contribution in [2.45, 2.75) is 50.5 Å². The molecule has 1 saturated carbocycles. The van der Waals surface area contributed by atoms with Gasteiger partial charge in [0, 0.05) is 18.0 Å². The third-order valence-electron chi connectivity index (χ3n) is 4.50. The van der Waals surface area contributed by atoms with Crippen LogP contribution in [-0.2, 0) is 6.42 Å². The molecule has 1 aliphatic heterocycles. The third kappa shape index (κ3) is 2.09. The van der Waals surface area contributed by atoms with E-state index in [1.807, 2.05) is 0 Å². The number of benzene rings is 1. The van der Waals surface area contributed by atoms with Gasteiger partial charge in [0.25, 0.3) is 0 Å². The predicted octanol–water partition coefficient (Wildman–Crippen LogP) is 3.83. The number of nitrogens with one attached hydrogen (secondary N) is 1. The lowest BCUT2D eigenvalue weighted by Crippen LogP contribution is -2.08. The molecule has 1 N–H and O–H groups in total. The van der Waals surface area contributed by atoms with Crippen LogP contribution < -0.4 is 5.32 Å². The van der Waals surface area contributed by atoms with E-state index >= 15 is 0 Å². The van der Waals surface area contributed by atoms with Crippen molar-refractivity contribution < 1.29 is 4.52 Å². The van der Waals surface area contributed by atoms with Crippen molar-refractivity contribution in [1.29, 1.82) is 0 Å². The summed E-state index contributed by atoms with van der Waals surface area (Å²) >= 11 is 0. The van der Waals surface area contributed by atoms with E-state index in [4.69, 9.17) is 4.52 Å². The first-order valence-electron chi connectivity index (χ1n) is 7.58. The van der Waals surface area contributed by atoms with Crippen LogP contribution in [0.5, 0.6) is 0 Å². The van der Waals surface area contributed by atoms with Gasteiger partial charge in [0.2, 0.25) is 5.89 Å². The zero-order valence-electron chi connectivity index (χ0n) is 11.5. The highest BCUT2D eigenvalue weighted by Crippen LogP contribution is 2.35. The topological polar surface area (TPSA) is 51.0 Å². The van der Waals surface area contributed by atoms with Gasteiger partial charge in [0.05, 0.1) is 0 Å². The molecule has 4 heteroatoms. The molecule has 4 rings (SSSR count). The van der Waals surface area contributed by atoms with Crippen molar-refractivity contribution in [2.24, 2.45) is 0 Å². The largest absolute Gasteiger partial charge is 0.373 e. The quantitative estimate of drug-likeness (QED) is 0.900. The lowest BCUT2D eigenvalue weighted by atomic mass is 9.89. The van der Waals surface area contributed by atoms with Gasteiger partial charge in [0.1, 0.15) is 6.04 Å². The Bertz CT molecular complexity index is 576. The summed E-state index contributed by atoms with van der Waals surface area (Å²) in [6.45, 7) is 0. The molecule has 20 heavy (non-hydrogen) atoms. The van der Waals surface area contributed by atoms with Crippen molar-refractivity contribution in [3.63, 3.8) is 0 Å². The zero-order chi connectivity index (χ0) is 13.4. The Hall–Kier alpha value is -1.84. The van der Waals surface area contributed by atoms with E-state index in [0.717, 1.165) is 18.1 Å². The van der Waals surface area contributed by atoms with Gasteiger partial charge >= 0.3 is 0 Å². The summed E-state index contributed by atoms with van der Waals surface area (Å²) < 4.78 is 5.51. The standard InChI is InChI=1S/C16H19N3O/c1-2-6-11(7-3-1)15-18-16(20-19-15)14-10-12-8-4-5-9-13(12)17-14/h4-5,8-9,11,14,17H,1-3,6-7,10H2. The normalized spacial score (nSPS) is 22.5.